The van der Waals surface area contributed by atoms with Crippen molar-refractivity contribution in [3.63, 3.8) is 0 Å². The van der Waals surface area contributed by atoms with Gasteiger partial charge in [-0.3, -0.25) is 4.79 Å². The van der Waals surface area contributed by atoms with Crippen LogP contribution in [0.4, 0.5) is 5.82 Å². The second kappa shape index (κ2) is 6.00. The molecule has 0 aliphatic rings. The summed E-state index contributed by atoms with van der Waals surface area (Å²) in [4.78, 5) is 21.9. The Balaban J connectivity index is 2.91. The summed E-state index contributed by atoms with van der Waals surface area (Å²) in [6, 6.07) is 0. The number of aromatic nitrogens is 2. The standard InChI is InChI=1S/C12H19ClN4O/c1-7(12(18)14-4)6-17(5)11-8(2)10(13)15-9(3)16-11/h7H,6H2,1-5H3,(H,14,18). The summed E-state index contributed by atoms with van der Waals surface area (Å²) in [5.41, 5.74) is 0.828. The summed E-state index contributed by atoms with van der Waals surface area (Å²) in [5.74, 6) is 1.29. The predicted octanol–water partition coefficient (Wildman–Crippen LogP) is 1.57. The Morgan fingerprint density at radius 3 is 2.61 bits per heavy atom. The summed E-state index contributed by atoms with van der Waals surface area (Å²) >= 11 is 6.03. The van der Waals surface area contributed by atoms with Gasteiger partial charge in [-0.25, -0.2) is 9.97 Å². The van der Waals surface area contributed by atoms with Crippen LogP contribution in [-0.4, -0.2) is 36.5 Å². The topological polar surface area (TPSA) is 58.1 Å². The monoisotopic (exact) mass is 270 g/mol. The van der Waals surface area contributed by atoms with Crippen LogP contribution in [0, 0.1) is 19.8 Å². The molecule has 0 aliphatic heterocycles. The number of carbonyl (C=O) groups excluding carboxylic acids is 1. The van der Waals surface area contributed by atoms with Crippen molar-refractivity contribution in [2.45, 2.75) is 20.8 Å². The van der Waals surface area contributed by atoms with Gasteiger partial charge in [0.05, 0.1) is 5.92 Å². The van der Waals surface area contributed by atoms with E-state index in [4.69, 9.17) is 11.6 Å². The molecule has 1 aromatic heterocycles. The van der Waals surface area contributed by atoms with Crippen LogP contribution in [0.5, 0.6) is 0 Å². The van der Waals surface area contributed by atoms with Crippen molar-refractivity contribution >= 4 is 23.3 Å². The maximum Gasteiger partial charge on any atom is 0.224 e. The number of nitrogens with one attached hydrogen (secondary N) is 1. The van der Waals surface area contributed by atoms with Crippen molar-refractivity contribution in [2.75, 3.05) is 25.5 Å². The number of hydrogen-bond acceptors (Lipinski definition) is 4. The second-order valence-electron chi connectivity index (χ2n) is 4.41. The maximum absolute atomic E-state index is 11.5. The summed E-state index contributed by atoms with van der Waals surface area (Å²) < 4.78 is 0. The average Bonchev–Trinajstić information content (AvgIpc) is 2.32. The number of hydrogen-bond donors (Lipinski definition) is 1. The fraction of sp³-hybridized carbons (Fsp3) is 0.583. The zero-order valence-electron chi connectivity index (χ0n) is 11.4. The molecule has 0 spiro atoms. The van der Waals surface area contributed by atoms with Crippen molar-refractivity contribution in [3.05, 3.63) is 16.5 Å². The number of anilines is 1. The molecule has 0 aromatic carbocycles. The summed E-state index contributed by atoms with van der Waals surface area (Å²) in [6.07, 6.45) is 0. The lowest BCUT2D eigenvalue weighted by molar-refractivity contribution is -0.123. The second-order valence-corrected chi connectivity index (χ2v) is 4.76. The van der Waals surface area contributed by atoms with Gasteiger partial charge in [0.15, 0.2) is 0 Å². The molecule has 6 heteroatoms. The van der Waals surface area contributed by atoms with E-state index in [1.807, 2.05) is 25.8 Å². The Morgan fingerprint density at radius 1 is 1.44 bits per heavy atom. The van der Waals surface area contributed by atoms with E-state index in [0.717, 1.165) is 11.4 Å². The zero-order valence-corrected chi connectivity index (χ0v) is 12.2. The molecule has 1 rings (SSSR count). The van der Waals surface area contributed by atoms with Crippen molar-refractivity contribution in [2.24, 2.45) is 5.92 Å². The minimum Gasteiger partial charge on any atom is -0.359 e. The van der Waals surface area contributed by atoms with Gasteiger partial charge >= 0.3 is 0 Å². The molecule has 0 radical (unpaired) electrons. The van der Waals surface area contributed by atoms with Gasteiger partial charge in [0.25, 0.3) is 0 Å². The molecular weight excluding hydrogens is 252 g/mol. The number of amides is 1. The molecule has 0 saturated carbocycles. The largest absolute Gasteiger partial charge is 0.359 e. The van der Waals surface area contributed by atoms with Gasteiger partial charge in [-0.2, -0.15) is 0 Å². The minimum absolute atomic E-state index is 0.0105. The number of rotatable bonds is 4. The van der Waals surface area contributed by atoms with E-state index in [2.05, 4.69) is 15.3 Å². The number of halogens is 1. The average molecular weight is 271 g/mol. The molecule has 100 valence electrons. The van der Waals surface area contributed by atoms with E-state index in [1.165, 1.54) is 0 Å². The van der Waals surface area contributed by atoms with Crippen molar-refractivity contribution in [3.8, 4) is 0 Å². The van der Waals surface area contributed by atoms with Gasteiger partial charge in [0, 0.05) is 26.2 Å². The van der Waals surface area contributed by atoms with Crippen molar-refractivity contribution in [1.82, 2.24) is 15.3 Å². The van der Waals surface area contributed by atoms with Gasteiger partial charge in [-0.1, -0.05) is 18.5 Å². The first-order valence-electron chi connectivity index (χ1n) is 5.80. The molecule has 1 aromatic rings. The first-order valence-corrected chi connectivity index (χ1v) is 6.18. The molecule has 1 atom stereocenters. The Morgan fingerprint density at radius 2 is 2.06 bits per heavy atom. The van der Waals surface area contributed by atoms with Crippen LogP contribution in [0.25, 0.3) is 0 Å². The SMILES string of the molecule is CNC(=O)C(C)CN(C)c1nc(C)nc(Cl)c1C. The highest BCUT2D eigenvalue weighted by atomic mass is 35.5. The Hall–Kier alpha value is -1.36. The molecule has 1 amide bonds. The molecule has 18 heavy (non-hydrogen) atoms. The number of carbonyl (C=O) groups is 1. The third-order valence-corrected chi connectivity index (χ3v) is 3.14. The van der Waals surface area contributed by atoms with E-state index in [0.29, 0.717) is 17.5 Å². The van der Waals surface area contributed by atoms with E-state index in [9.17, 15) is 4.79 Å². The Bertz CT molecular complexity index is 450. The molecule has 0 saturated heterocycles. The lowest BCUT2D eigenvalue weighted by Crippen LogP contribution is -2.35. The lowest BCUT2D eigenvalue weighted by atomic mass is 10.1. The highest BCUT2D eigenvalue weighted by Crippen LogP contribution is 2.22. The molecule has 1 unspecified atom stereocenters. The van der Waals surface area contributed by atoms with Crippen LogP contribution in [0.15, 0.2) is 0 Å². The van der Waals surface area contributed by atoms with Crippen LogP contribution in [0.3, 0.4) is 0 Å². The lowest BCUT2D eigenvalue weighted by Gasteiger charge is -2.23. The fourth-order valence-electron chi connectivity index (χ4n) is 1.78. The van der Waals surface area contributed by atoms with Crippen LogP contribution in [-0.2, 0) is 4.79 Å². The fourth-order valence-corrected chi connectivity index (χ4v) is 1.99. The Kier molecular flexibility index (Phi) is 4.90. The minimum atomic E-state index is -0.117. The predicted molar refractivity (Wildman–Crippen MR) is 73.0 cm³/mol. The van der Waals surface area contributed by atoms with E-state index >= 15 is 0 Å². The van der Waals surface area contributed by atoms with E-state index in [1.54, 1.807) is 14.0 Å². The van der Waals surface area contributed by atoms with Crippen LogP contribution in [0.2, 0.25) is 5.15 Å². The maximum atomic E-state index is 11.5. The zero-order chi connectivity index (χ0) is 13.9. The molecule has 0 aliphatic carbocycles. The normalized spacial score (nSPS) is 12.1. The number of aryl methyl sites for hydroxylation is 1. The first kappa shape index (κ1) is 14.7. The number of nitrogens with zero attached hydrogens (tertiary/aromatic N) is 3. The van der Waals surface area contributed by atoms with Gasteiger partial charge in [0.1, 0.15) is 16.8 Å². The summed E-state index contributed by atoms with van der Waals surface area (Å²) in [6.45, 7) is 6.12. The quantitative estimate of drug-likeness (QED) is 0.844. The molecule has 1 N–H and O–H groups in total. The van der Waals surface area contributed by atoms with E-state index < -0.39 is 0 Å². The van der Waals surface area contributed by atoms with E-state index in [-0.39, 0.29) is 11.8 Å². The summed E-state index contributed by atoms with van der Waals surface area (Å²) in [7, 11) is 3.53. The van der Waals surface area contributed by atoms with Gasteiger partial charge < -0.3 is 10.2 Å². The summed E-state index contributed by atoms with van der Waals surface area (Å²) in [5, 5.41) is 3.09. The molecular formula is C12H19ClN4O. The van der Waals surface area contributed by atoms with Gasteiger partial charge in [-0.15, -0.1) is 0 Å². The molecule has 0 bridgehead atoms. The van der Waals surface area contributed by atoms with Crippen LogP contribution >= 0.6 is 11.6 Å². The Labute approximate surface area is 113 Å². The first-order chi connectivity index (χ1) is 8.36. The van der Waals surface area contributed by atoms with Crippen LogP contribution in [0.1, 0.15) is 18.3 Å². The third kappa shape index (κ3) is 3.32. The molecule has 0 fully saturated rings. The highest BCUT2D eigenvalue weighted by Gasteiger charge is 2.17. The molecule has 5 nitrogen and oxygen atoms in total. The smallest absolute Gasteiger partial charge is 0.224 e. The highest BCUT2D eigenvalue weighted by molar-refractivity contribution is 6.30. The van der Waals surface area contributed by atoms with Crippen molar-refractivity contribution < 1.29 is 4.79 Å². The van der Waals surface area contributed by atoms with Gasteiger partial charge in [0.2, 0.25) is 5.91 Å². The molecule has 1 heterocycles. The third-order valence-electron chi connectivity index (χ3n) is 2.78. The van der Waals surface area contributed by atoms with Gasteiger partial charge in [-0.05, 0) is 13.8 Å². The van der Waals surface area contributed by atoms with Crippen LogP contribution < -0.4 is 10.2 Å². The van der Waals surface area contributed by atoms with Crippen molar-refractivity contribution in [1.29, 1.82) is 0 Å².